The lowest BCUT2D eigenvalue weighted by atomic mass is 10.2. The van der Waals surface area contributed by atoms with E-state index in [4.69, 9.17) is 11.6 Å². The van der Waals surface area contributed by atoms with Crippen molar-refractivity contribution in [2.45, 2.75) is 13.5 Å². The average Bonchev–Trinajstić information content (AvgIpc) is 2.54. The molecule has 0 atom stereocenters. The lowest BCUT2D eigenvalue weighted by molar-refractivity contribution is 0.299. The van der Waals surface area contributed by atoms with Gasteiger partial charge < -0.3 is 10.6 Å². The van der Waals surface area contributed by atoms with Crippen molar-refractivity contribution in [1.29, 1.82) is 0 Å². The van der Waals surface area contributed by atoms with Crippen LogP contribution in [0.5, 0.6) is 0 Å². The van der Waals surface area contributed by atoms with Crippen LogP contribution in [0, 0.1) is 0 Å². The van der Waals surface area contributed by atoms with Gasteiger partial charge in [0.2, 0.25) is 0 Å². The predicted octanol–water partition coefficient (Wildman–Crippen LogP) is 1.74. The topological polar surface area (TPSA) is 73.8 Å². The van der Waals surface area contributed by atoms with Crippen LogP contribution in [0.25, 0.3) is 0 Å². The summed E-state index contributed by atoms with van der Waals surface area (Å²) in [4.78, 5) is 6.71. The molecular formula is C16H26ClIN4O2S. The summed E-state index contributed by atoms with van der Waals surface area (Å²) in [5.41, 5.74) is 1.06. The summed E-state index contributed by atoms with van der Waals surface area (Å²) in [5, 5.41) is 7.21. The van der Waals surface area contributed by atoms with Crippen molar-refractivity contribution in [1.82, 2.24) is 15.5 Å². The minimum Gasteiger partial charge on any atom is -0.357 e. The van der Waals surface area contributed by atoms with E-state index in [1.54, 1.807) is 0 Å². The molecule has 1 heterocycles. The van der Waals surface area contributed by atoms with Crippen molar-refractivity contribution in [2.24, 2.45) is 4.99 Å². The van der Waals surface area contributed by atoms with Gasteiger partial charge in [0.1, 0.15) is 0 Å². The van der Waals surface area contributed by atoms with E-state index in [-0.39, 0.29) is 35.5 Å². The summed E-state index contributed by atoms with van der Waals surface area (Å²) in [6.07, 6.45) is 0. The number of nitrogens with one attached hydrogen (secondary N) is 2. The van der Waals surface area contributed by atoms with Crippen LogP contribution in [0.1, 0.15) is 12.5 Å². The fourth-order valence-corrected chi connectivity index (χ4v) is 3.94. The third-order valence-corrected chi connectivity index (χ3v) is 5.65. The molecule has 1 aromatic carbocycles. The summed E-state index contributed by atoms with van der Waals surface area (Å²) < 4.78 is 22.9. The molecule has 0 amide bonds. The summed E-state index contributed by atoms with van der Waals surface area (Å²) >= 11 is 5.98. The Hall–Kier alpha value is -0.580. The molecule has 1 fully saturated rings. The molecule has 142 valence electrons. The van der Waals surface area contributed by atoms with Crippen LogP contribution in [0.4, 0.5) is 0 Å². The van der Waals surface area contributed by atoms with Gasteiger partial charge in [-0.1, -0.05) is 23.7 Å². The van der Waals surface area contributed by atoms with Gasteiger partial charge in [-0.3, -0.25) is 4.90 Å². The highest BCUT2D eigenvalue weighted by Crippen LogP contribution is 2.11. The number of guanidine groups is 1. The van der Waals surface area contributed by atoms with Crippen molar-refractivity contribution < 1.29 is 8.42 Å². The average molecular weight is 501 g/mol. The van der Waals surface area contributed by atoms with E-state index >= 15 is 0 Å². The smallest absolute Gasteiger partial charge is 0.191 e. The normalized spacial score (nSPS) is 17.6. The molecule has 2 rings (SSSR count). The van der Waals surface area contributed by atoms with Gasteiger partial charge in [-0.15, -0.1) is 24.0 Å². The Labute approximate surface area is 172 Å². The molecule has 25 heavy (non-hydrogen) atoms. The summed E-state index contributed by atoms with van der Waals surface area (Å²) in [6.45, 7) is 6.10. The van der Waals surface area contributed by atoms with Crippen molar-refractivity contribution in [2.75, 3.05) is 44.2 Å². The molecule has 1 saturated heterocycles. The molecule has 0 bridgehead atoms. The van der Waals surface area contributed by atoms with Gasteiger partial charge in [0, 0.05) is 37.7 Å². The molecule has 0 radical (unpaired) electrons. The van der Waals surface area contributed by atoms with Gasteiger partial charge in [0.15, 0.2) is 15.8 Å². The second kappa shape index (κ2) is 11.2. The molecule has 1 aliphatic rings. The zero-order valence-corrected chi connectivity index (χ0v) is 18.3. The Bertz CT molecular complexity index is 656. The van der Waals surface area contributed by atoms with Crippen LogP contribution in [-0.4, -0.2) is 63.5 Å². The fraction of sp³-hybridized carbons (Fsp3) is 0.562. The third kappa shape index (κ3) is 8.57. The first-order chi connectivity index (χ1) is 11.5. The van der Waals surface area contributed by atoms with Crippen molar-refractivity contribution in [3.63, 3.8) is 0 Å². The molecule has 0 aliphatic carbocycles. The van der Waals surface area contributed by atoms with Gasteiger partial charge in [0.05, 0.1) is 18.1 Å². The van der Waals surface area contributed by atoms with E-state index in [9.17, 15) is 8.42 Å². The third-order valence-electron chi connectivity index (χ3n) is 3.81. The van der Waals surface area contributed by atoms with E-state index in [2.05, 4.69) is 20.5 Å². The second-order valence-corrected chi connectivity index (χ2v) is 8.49. The molecule has 6 nitrogen and oxygen atoms in total. The zero-order valence-electron chi connectivity index (χ0n) is 14.4. The molecule has 0 spiro atoms. The molecular weight excluding hydrogens is 475 g/mol. The highest BCUT2D eigenvalue weighted by molar-refractivity contribution is 14.0. The quantitative estimate of drug-likeness (QED) is 0.354. The molecule has 9 heteroatoms. The van der Waals surface area contributed by atoms with Crippen LogP contribution in [0.2, 0.25) is 5.02 Å². The van der Waals surface area contributed by atoms with E-state index in [1.165, 1.54) is 0 Å². The van der Waals surface area contributed by atoms with E-state index in [0.29, 0.717) is 24.7 Å². The van der Waals surface area contributed by atoms with Gasteiger partial charge >= 0.3 is 0 Å². The first-order valence-corrected chi connectivity index (χ1v) is 10.4. The Morgan fingerprint density at radius 3 is 2.64 bits per heavy atom. The first-order valence-electron chi connectivity index (χ1n) is 8.18. The molecule has 0 aromatic heterocycles. The number of sulfone groups is 1. The number of halogens is 2. The largest absolute Gasteiger partial charge is 0.357 e. The summed E-state index contributed by atoms with van der Waals surface area (Å²) in [7, 11) is -2.82. The fourth-order valence-electron chi connectivity index (χ4n) is 2.45. The Morgan fingerprint density at radius 2 is 2.00 bits per heavy atom. The number of rotatable bonds is 6. The minimum atomic E-state index is -2.82. The Kier molecular flexibility index (Phi) is 10.1. The maximum absolute atomic E-state index is 11.4. The van der Waals surface area contributed by atoms with E-state index < -0.39 is 9.84 Å². The van der Waals surface area contributed by atoms with E-state index in [0.717, 1.165) is 31.2 Å². The van der Waals surface area contributed by atoms with Crippen LogP contribution < -0.4 is 10.6 Å². The van der Waals surface area contributed by atoms with Crippen LogP contribution in [0.3, 0.4) is 0 Å². The first kappa shape index (κ1) is 22.5. The number of nitrogens with zero attached hydrogens (tertiary/aromatic N) is 2. The zero-order chi connectivity index (χ0) is 17.4. The van der Waals surface area contributed by atoms with Gasteiger partial charge in [-0.05, 0) is 24.6 Å². The monoisotopic (exact) mass is 500 g/mol. The van der Waals surface area contributed by atoms with Crippen LogP contribution >= 0.6 is 35.6 Å². The van der Waals surface area contributed by atoms with Gasteiger partial charge in [-0.2, -0.15) is 0 Å². The molecule has 1 aromatic rings. The van der Waals surface area contributed by atoms with Crippen LogP contribution in [-0.2, 0) is 16.4 Å². The lowest BCUT2D eigenvalue weighted by Crippen LogP contribution is -2.45. The summed E-state index contributed by atoms with van der Waals surface area (Å²) in [6, 6.07) is 7.66. The SMILES string of the molecule is CCNC(=NCc1cccc(Cl)c1)NCCN1CCS(=O)(=O)CC1.I. The highest BCUT2D eigenvalue weighted by atomic mass is 127. The van der Waals surface area contributed by atoms with Crippen LogP contribution in [0.15, 0.2) is 29.3 Å². The Balaban J connectivity index is 0.00000312. The Morgan fingerprint density at radius 1 is 1.28 bits per heavy atom. The van der Waals surface area contributed by atoms with Crippen molar-refractivity contribution in [3.05, 3.63) is 34.9 Å². The maximum atomic E-state index is 11.4. The molecule has 1 aliphatic heterocycles. The number of benzene rings is 1. The standard InChI is InChI=1S/C16H25ClN4O2S.HI/c1-2-18-16(20-13-14-4-3-5-15(17)12-14)19-6-7-21-8-10-24(22,23)11-9-21;/h3-5,12H,2,6-11,13H2,1H3,(H2,18,19,20);1H. The molecule has 0 saturated carbocycles. The minimum absolute atomic E-state index is 0. The second-order valence-electron chi connectivity index (χ2n) is 5.75. The highest BCUT2D eigenvalue weighted by Gasteiger charge is 2.20. The lowest BCUT2D eigenvalue weighted by Gasteiger charge is -2.26. The van der Waals surface area contributed by atoms with Crippen molar-refractivity contribution in [3.8, 4) is 0 Å². The molecule has 2 N–H and O–H groups in total. The van der Waals surface area contributed by atoms with Crippen molar-refractivity contribution >= 4 is 51.4 Å². The van der Waals surface area contributed by atoms with E-state index in [1.807, 2.05) is 31.2 Å². The number of hydrogen-bond donors (Lipinski definition) is 2. The van der Waals surface area contributed by atoms with Gasteiger partial charge in [-0.25, -0.2) is 13.4 Å². The summed E-state index contributed by atoms with van der Waals surface area (Å²) in [5.74, 6) is 1.27. The number of hydrogen-bond acceptors (Lipinski definition) is 4. The number of aliphatic imine (C=N–C) groups is 1. The predicted molar refractivity (Wildman–Crippen MR) is 115 cm³/mol. The van der Waals surface area contributed by atoms with Gasteiger partial charge in [0.25, 0.3) is 0 Å². The molecule has 0 unspecified atom stereocenters. The maximum Gasteiger partial charge on any atom is 0.191 e.